The van der Waals surface area contributed by atoms with Crippen molar-refractivity contribution in [2.45, 2.75) is 45.6 Å². The lowest BCUT2D eigenvalue weighted by atomic mass is 9.87. The van der Waals surface area contributed by atoms with Crippen LogP contribution in [0.5, 0.6) is 0 Å². The van der Waals surface area contributed by atoms with Gasteiger partial charge in [0.15, 0.2) is 0 Å². The van der Waals surface area contributed by atoms with Gasteiger partial charge in [-0.15, -0.1) is 0 Å². The molecule has 0 aromatic heterocycles. The van der Waals surface area contributed by atoms with Crippen LogP contribution < -0.4 is 5.32 Å². The van der Waals surface area contributed by atoms with E-state index in [9.17, 15) is 9.90 Å². The second-order valence-electron chi connectivity index (χ2n) is 6.62. The van der Waals surface area contributed by atoms with Gasteiger partial charge in [0, 0.05) is 11.8 Å². The number of carbonyl (C=O) groups is 1. The predicted octanol–water partition coefficient (Wildman–Crippen LogP) is 2.61. The van der Waals surface area contributed by atoms with Crippen molar-refractivity contribution in [3.63, 3.8) is 0 Å². The van der Waals surface area contributed by atoms with Crippen LogP contribution in [-0.2, 0) is 4.79 Å². The summed E-state index contributed by atoms with van der Waals surface area (Å²) in [6.45, 7) is 5.53. The molecule has 2 aliphatic rings. The van der Waals surface area contributed by atoms with Gasteiger partial charge < -0.3 is 10.4 Å². The lowest BCUT2D eigenvalue weighted by molar-refractivity contribution is -0.142. The van der Waals surface area contributed by atoms with Gasteiger partial charge in [-0.2, -0.15) is 11.8 Å². The van der Waals surface area contributed by atoms with Gasteiger partial charge in [0.2, 0.25) is 0 Å². The van der Waals surface area contributed by atoms with E-state index in [1.165, 1.54) is 17.9 Å². The highest BCUT2D eigenvalue weighted by atomic mass is 32.2. The molecule has 0 spiro atoms. The Morgan fingerprint density at radius 3 is 2.89 bits per heavy atom. The summed E-state index contributed by atoms with van der Waals surface area (Å²) >= 11 is 2.02. The molecular formula is C14H25NO2S. The van der Waals surface area contributed by atoms with Crippen LogP contribution in [0.2, 0.25) is 0 Å². The third kappa shape index (κ3) is 3.64. The van der Waals surface area contributed by atoms with Crippen molar-refractivity contribution in [1.29, 1.82) is 0 Å². The van der Waals surface area contributed by atoms with Gasteiger partial charge in [-0.3, -0.25) is 4.79 Å². The maximum Gasteiger partial charge on any atom is 0.306 e. The number of hydrogen-bond acceptors (Lipinski definition) is 3. The topological polar surface area (TPSA) is 49.3 Å². The maximum absolute atomic E-state index is 11.1. The first-order chi connectivity index (χ1) is 8.48. The number of thioether (sulfide) groups is 1. The van der Waals surface area contributed by atoms with Crippen LogP contribution >= 0.6 is 11.8 Å². The second-order valence-corrected chi connectivity index (χ2v) is 7.65. The molecule has 1 aliphatic carbocycles. The predicted molar refractivity (Wildman–Crippen MR) is 76.0 cm³/mol. The van der Waals surface area contributed by atoms with Crippen LogP contribution in [0.1, 0.15) is 39.5 Å². The van der Waals surface area contributed by atoms with E-state index in [-0.39, 0.29) is 5.92 Å². The monoisotopic (exact) mass is 271 g/mol. The van der Waals surface area contributed by atoms with E-state index in [1.54, 1.807) is 0 Å². The molecule has 104 valence electrons. The smallest absolute Gasteiger partial charge is 0.306 e. The molecule has 1 saturated heterocycles. The molecule has 2 rings (SSSR count). The average molecular weight is 271 g/mol. The van der Waals surface area contributed by atoms with Gasteiger partial charge in [-0.1, -0.05) is 20.3 Å². The molecule has 2 fully saturated rings. The Morgan fingerprint density at radius 2 is 2.22 bits per heavy atom. The van der Waals surface area contributed by atoms with E-state index >= 15 is 0 Å². The summed E-state index contributed by atoms with van der Waals surface area (Å²) in [6, 6.07) is 0.564. The Morgan fingerprint density at radius 1 is 1.44 bits per heavy atom. The molecule has 18 heavy (non-hydrogen) atoms. The third-order valence-electron chi connectivity index (χ3n) is 4.26. The first-order valence-corrected chi connectivity index (χ1v) is 8.17. The van der Waals surface area contributed by atoms with Crippen molar-refractivity contribution in [1.82, 2.24) is 5.32 Å². The van der Waals surface area contributed by atoms with Crippen molar-refractivity contribution in [3.8, 4) is 0 Å². The Kier molecular flexibility index (Phi) is 4.59. The van der Waals surface area contributed by atoms with E-state index in [1.807, 2.05) is 11.8 Å². The molecular weight excluding hydrogens is 246 g/mol. The van der Waals surface area contributed by atoms with Crippen molar-refractivity contribution in [3.05, 3.63) is 0 Å². The van der Waals surface area contributed by atoms with Gasteiger partial charge in [0.25, 0.3) is 0 Å². The van der Waals surface area contributed by atoms with Gasteiger partial charge >= 0.3 is 5.97 Å². The summed E-state index contributed by atoms with van der Waals surface area (Å²) < 4.78 is 0. The zero-order chi connectivity index (χ0) is 13.2. The third-order valence-corrected chi connectivity index (χ3v) is 5.88. The molecule has 1 saturated carbocycles. The Labute approximate surface area is 114 Å². The molecule has 0 radical (unpaired) electrons. The zero-order valence-corrected chi connectivity index (χ0v) is 12.3. The van der Waals surface area contributed by atoms with Crippen LogP contribution in [0.25, 0.3) is 0 Å². The van der Waals surface area contributed by atoms with Crippen LogP contribution in [0.4, 0.5) is 0 Å². The lowest BCUT2D eigenvalue weighted by Gasteiger charge is -2.36. The standard InChI is InChI=1S/C14H25NO2S/c1-14(2)6-11(8-18-9-14)15-7-10-4-3-5-12(10)13(16)17/h10-12,15H,3-9H2,1-2H3,(H,16,17). The number of carboxylic acids is 1. The quantitative estimate of drug-likeness (QED) is 0.825. The highest BCUT2D eigenvalue weighted by Crippen LogP contribution is 2.35. The second kappa shape index (κ2) is 5.83. The Balaban J connectivity index is 1.79. The lowest BCUT2D eigenvalue weighted by Crippen LogP contribution is -2.43. The molecule has 0 aromatic carbocycles. The summed E-state index contributed by atoms with van der Waals surface area (Å²) in [5, 5.41) is 12.8. The Hall–Kier alpha value is -0.220. The summed E-state index contributed by atoms with van der Waals surface area (Å²) in [5.41, 5.74) is 0.419. The van der Waals surface area contributed by atoms with E-state index in [0.29, 0.717) is 17.4 Å². The molecule has 1 aliphatic heterocycles. The number of rotatable bonds is 4. The van der Waals surface area contributed by atoms with Crippen molar-refractivity contribution in [2.24, 2.45) is 17.3 Å². The minimum Gasteiger partial charge on any atom is -0.481 e. The highest BCUT2D eigenvalue weighted by Gasteiger charge is 2.34. The zero-order valence-electron chi connectivity index (χ0n) is 11.4. The Bertz CT molecular complexity index is 306. The first-order valence-electron chi connectivity index (χ1n) is 7.02. The molecule has 3 unspecified atom stereocenters. The van der Waals surface area contributed by atoms with E-state index in [4.69, 9.17) is 0 Å². The van der Waals surface area contributed by atoms with Crippen molar-refractivity contribution in [2.75, 3.05) is 18.1 Å². The fourth-order valence-corrected chi connectivity index (χ4v) is 4.63. The van der Waals surface area contributed by atoms with Crippen LogP contribution in [0, 0.1) is 17.3 Å². The average Bonchev–Trinajstić information content (AvgIpc) is 2.73. The minimum atomic E-state index is -0.599. The van der Waals surface area contributed by atoms with Gasteiger partial charge in [-0.25, -0.2) is 0 Å². The van der Waals surface area contributed by atoms with Crippen molar-refractivity contribution >= 4 is 17.7 Å². The van der Waals surface area contributed by atoms with E-state index in [2.05, 4.69) is 19.2 Å². The molecule has 2 N–H and O–H groups in total. The van der Waals surface area contributed by atoms with Crippen LogP contribution in [0.15, 0.2) is 0 Å². The molecule has 0 bridgehead atoms. The summed E-state index contributed by atoms with van der Waals surface area (Å²) in [6.07, 6.45) is 4.23. The summed E-state index contributed by atoms with van der Waals surface area (Å²) in [7, 11) is 0. The fraction of sp³-hybridized carbons (Fsp3) is 0.929. The van der Waals surface area contributed by atoms with Gasteiger partial charge in [-0.05, 0) is 42.9 Å². The number of nitrogens with one attached hydrogen (secondary N) is 1. The molecule has 0 amide bonds. The largest absolute Gasteiger partial charge is 0.481 e. The van der Waals surface area contributed by atoms with E-state index in [0.717, 1.165) is 25.8 Å². The molecule has 3 nitrogen and oxygen atoms in total. The summed E-state index contributed by atoms with van der Waals surface area (Å²) in [5.74, 6) is 2.05. The summed E-state index contributed by atoms with van der Waals surface area (Å²) in [4.78, 5) is 11.1. The minimum absolute atomic E-state index is 0.109. The number of carboxylic acid groups (broad SMARTS) is 1. The molecule has 0 aromatic rings. The van der Waals surface area contributed by atoms with E-state index < -0.39 is 5.97 Å². The number of aliphatic carboxylic acids is 1. The first kappa shape index (κ1) is 14.2. The van der Waals surface area contributed by atoms with Gasteiger partial charge in [0.05, 0.1) is 5.92 Å². The van der Waals surface area contributed by atoms with Crippen LogP contribution in [-0.4, -0.2) is 35.2 Å². The fourth-order valence-electron chi connectivity index (χ4n) is 3.32. The molecule has 3 atom stereocenters. The number of hydrogen-bond donors (Lipinski definition) is 2. The highest BCUT2D eigenvalue weighted by molar-refractivity contribution is 7.99. The van der Waals surface area contributed by atoms with Crippen LogP contribution in [0.3, 0.4) is 0 Å². The van der Waals surface area contributed by atoms with Crippen molar-refractivity contribution < 1.29 is 9.90 Å². The molecule has 1 heterocycles. The molecule has 4 heteroatoms. The maximum atomic E-state index is 11.1. The SMILES string of the molecule is CC1(C)CSCC(NCC2CCCC2C(=O)O)C1. The normalized spacial score (nSPS) is 35.6. The van der Waals surface area contributed by atoms with Gasteiger partial charge in [0.1, 0.15) is 0 Å².